The van der Waals surface area contributed by atoms with Crippen LogP contribution in [0.1, 0.15) is 35.1 Å². The molecular formula is C15H18N4O. The highest BCUT2D eigenvalue weighted by atomic mass is 16.1. The molecule has 5 heteroatoms. The van der Waals surface area contributed by atoms with Gasteiger partial charge in [0.2, 0.25) is 0 Å². The molecule has 20 heavy (non-hydrogen) atoms. The van der Waals surface area contributed by atoms with Gasteiger partial charge in [0.15, 0.2) is 0 Å². The highest BCUT2D eigenvalue weighted by molar-refractivity contribution is 5.92. The lowest BCUT2D eigenvalue weighted by atomic mass is 10.0. The molecular weight excluding hydrogens is 252 g/mol. The molecule has 0 aliphatic carbocycles. The quantitative estimate of drug-likeness (QED) is 0.921. The van der Waals surface area contributed by atoms with Crippen molar-refractivity contribution in [3.05, 3.63) is 47.5 Å². The number of aryl methyl sites for hydroxylation is 2. The molecule has 3 rings (SSSR count). The number of amides is 1. The van der Waals surface area contributed by atoms with Crippen molar-refractivity contribution in [1.29, 1.82) is 0 Å². The molecule has 0 aromatic carbocycles. The summed E-state index contributed by atoms with van der Waals surface area (Å²) in [4.78, 5) is 16.4. The van der Waals surface area contributed by atoms with Gasteiger partial charge in [0, 0.05) is 37.1 Å². The van der Waals surface area contributed by atoms with Crippen molar-refractivity contribution in [2.75, 3.05) is 0 Å². The Kier molecular flexibility index (Phi) is 3.50. The second-order valence-electron chi connectivity index (χ2n) is 5.11. The van der Waals surface area contributed by atoms with Crippen LogP contribution in [0.25, 0.3) is 0 Å². The highest BCUT2D eigenvalue weighted by Gasteiger charge is 2.21. The summed E-state index contributed by atoms with van der Waals surface area (Å²) < 4.78 is 2.00. The number of aromatic nitrogens is 3. The summed E-state index contributed by atoms with van der Waals surface area (Å²) >= 11 is 0. The smallest absolute Gasteiger partial charge is 0.270 e. The molecule has 1 aliphatic rings. The summed E-state index contributed by atoms with van der Waals surface area (Å²) in [5.74, 6) is -0.0849. The van der Waals surface area contributed by atoms with Crippen molar-refractivity contribution in [1.82, 2.24) is 20.1 Å². The van der Waals surface area contributed by atoms with E-state index in [0.29, 0.717) is 5.69 Å². The minimum atomic E-state index is -0.0849. The first kappa shape index (κ1) is 12.8. The number of nitrogens with one attached hydrogen (secondary N) is 1. The topological polar surface area (TPSA) is 59.8 Å². The fourth-order valence-electron chi connectivity index (χ4n) is 2.57. The Balaban J connectivity index is 1.67. The minimum Gasteiger partial charge on any atom is -0.348 e. The molecule has 0 saturated carbocycles. The number of carbonyl (C=O) groups excluding carboxylic acids is 1. The molecule has 1 atom stereocenters. The Hall–Kier alpha value is -2.17. The maximum Gasteiger partial charge on any atom is 0.270 e. The van der Waals surface area contributed by atoms with Crippen LogP contribution in [-0.4, -0.2) is 26.7 Å². The summed E-state index contributed by atoms with van der Waals surface area (Å²) in [6.45, 7) is 2.93. The molecule has 0 saturated heterocycles. The van der Waals surface area contributed by atoms with E-state index in [9.17, 15) is 4.79 Å². The van der Waals surface area contributed by atoms with Crippen molar-refractivity contribution in [3.63, 3.8) is 0 Å². The van der Waals surface area contributed by atoms with E-state index in [1.807, 2.05) is 29.1 Å². The maximum absolute atomic E-state index is 12.2. The zero-order valence-electron chi connectivity index (χ0n) is 11.5. The fourth-order valence-corrected chi connectivity index (χ4v) is 2.57. The van der Waals surface area contributed by atoms with Gasteiger partial charge in [-0.15, -0.1) is 0 Å². The van der Waals surface area contributed by atoms with E-state index in [4.69, 9.17) is 0 Å². The van der Waals surface area contributed by atoms with Gasteiger partial charge in [-0.2, -0.15) is 5.10 Å². The number of rotatable bonds is 3. The van der Waals surface area contributed by atoms with E-state index in [-0.39, 0.29) is 11.9 Å². The number of nitrogens with zero attached hydrogens (tertiary/aromatic N) is 3. The van der Waals surface area contributed by atoms with E-state index in [1.165, 1.54) is 5.69 Å². The van der Waals surface area contributed by atoms with E-state index in [0.717, 1.165) is 31.4 Å². The third-order valence-corrected chi connectivity index (χ3v) is 3.75. The largest absolute Gasteiger partial charge is 0.348 e. The van der Waals surface area contributed by atoms with Crippen LogP contribution in [0.5, 0.6) is 0 Å². The SMILES string of the molecule is CCc1ccnc(C(=O)N[C@H]2CCn3nccc3C2)c1. The number of hydrogen-bond acceptors (Lipinski definition) is 3. The molecule has 1 N–H and O–H groups in total. The van der Waals surface area contributed by atoms with Gasteiger partial charge < -0.3 is 5.32 Å². The summed E-state index contributed by atoms with van der Waals surface area (Å²) in [5, 5.41) is 7.32. The van der Waals surface area contributed by atoms with Gasteiger partial charge in [0.05, 0.1) is 0 Å². The van der Waals surface area contributed by atoms with E-state index in [2.05, 4.69) is 22.3 Å². The van der Waals surface area contributed by atoms with Gasteiger partial charge in [0.1, 0.15) is 5.69 Å². The summed E-state index contributed by atoms with van der Waals surface area (Å²) in [6, 6.07) is 5.98. The molecule has 0 radical (unpaired) electrons. The Morgan fingerprint density at radius 3 is 3.20 bits per heavy atom. The molecule has 2 aromatic heterocycles. The molecule has 5 nitrogen and oxygen atoms in total. The minimum absolute atomic E-state index is 0.0849. The van der Waals surface area contributed by atoms with E-state index in [1.54, 1.807) is 6.20 Å². The fraction of sp³-hybridized carbons (Fsp3) is 0.400. The molecule has 2 aromatic rings. The first-order valence-corrected chi connectivity index (χ1v) is 7.02. The van der Waals surface area contributed by atoms with E-state index < -0.39 is 0 Å². The highest BCUT2D eigenvalue weighted by Crippen LogP contribution is 2.14. The Morgan fingerprint density at radius 2 is 2.35 bits per heavy atom. The molecule has 0 bridgehead atoms. The van der Waals surface area contributed by atoms with Crippen LogP contribution < -0.4 is 5.32 Å². The van der Waals surface area contributed by atoms with Crippen molar-refractivity contribution in [2.45, 2.75) is 38.8 Å². The first-order valence-electron chi connectivity index (χ1n) is 7.02. The molecule has 104 valence electrons. The van der Waals surface area contributed by atoms with Gasteiger partial charge in [-0.1, -0.05) is 6.92 Å². The second kappa shape index (κ2) is 5.45. The summed E-state index contributed by atoms with van der Waals surface area (Å²) in [5.41, 5.74) is 2.81. The lowest BCUT2D eigenvalue weighted by Gasteiger charge is -2.24. The zero-order valence-corrected chi connectivity index (χ0v) is 11.5. The molecule has 0 fully saturated rings. The van der Waals surface area contributed by atoms with Crippen LogP contribution in [0.15, 0.2) is 30.6 Å². The Morgan fingerprint density at radius 1 is 1.45 bits per heavy atom. The lowest BCUT2D eigenvalue weighted by molar-refractivity contribution is 0.0925. The molecule has 3 heterocycles. The average molecular weight is 270 g/mol. The summed E-state index contributed by atoms with van der Waals surface area (Å²) in [7, 11) is 0. The summed E-state index contributed by atoms with van der Waals surface area (Å²) in [6.07, 6.45) is 6.16. The lowest BCUT2D eigenvalue weighted by Crippen LogP contribution is -2.40. The number of hydrogen-bond donors (Lipinski definition) is 1. The Bertz CT molecular complexity index is 620. The third kappa shape index (κ3) is 2.57. The van der Waals surface area contributed by atoms with Crippen LogP contribution in [0.3, 0.4) is 0 Å². The predicted molar refractivity (Wildman–Crippen MR) is 75.4 cm³/mol. The van der Waals surface area contributed by atoms with Crippen LogP contribution in [0, 0.1) is 0 Å². The molecule has 1 amide bonds. The molecule has 0 spiro atoms. The number of fused-ring (bicyclic) bond motifs is 1. The van der Waals surface area contributed by atoms with Gasteiger partial charge in [-0.05, 0) is 36.6 Å². The van der Waals surface area contributed by atoms with Crippen molar-refractivity contribution >= 4 is 5.91 Å². The van der Waals surface area contributed by atoms with Gasteiger partial charge in [-0.25, -0.2) is 0 Å². The van der Waals surface area contributed by atoms with Gasteiger partial charge in [-0.3, -0.25) is 14.5 Å². The van der Waals surface area contributed by atoms with Crippen LogP contribution in [0.2, 0.25) is 0 Å². The van der Waals surface area contributed by atoms with Gasteiger partial charge in [0.25, 0.3) is 5.91 Å². The van der Waals surface area contributed by atoms with Crippen LogP contribution in [0.4, 0.5) is 0 Å². The second-order valence-corrected chi connectivity index (χ2v) is 5.11. The van der Waals surface area contributed by atoms with Gasteiger partial charge >= 0.3 is 0 Å². The number of pyridine rings is 1. The normalized spacial score (nSPS) is 17.6. The van der Waals surface area contributed by atoms with Crippen LogP contribution in [-0.2, 0) is 19.4 Å². The Labute approximate surface area is 118 Å². The van der Waals surface area contributed by atoms with E-state index >= 15 is 0 Å². The molecule has 1 aliphatic heterocycles. The van der Waals surface area contributed by atoms with Crippen molar-refractivity contribution < 1.29 is 4.79 Å². The van der Waals surface area contributed by atoms with Crippen molar-refractivity contribution in [2.24, 2.45) is 0 Å². The average Bonchev–Trinajstić information content (AvgIpc) is 2.95. The van der Waals surface area contributed by atoms with Crippen LogP contribution >= 0.6 is 0 Å². The van der Waals surface area contributed by atoms with Crippen molar-refractivity contribution in [3.8, 4) is 0 Å². The predicted octanol–water partition coefficient (Wildman–Crippen LogP) is 1.59. The number of carbonyl (C=O) groups is 1. The monoisotopic (exact) mass is 270 g/mol. The maximum atomic E-state index is 12.2. The third-order valence-electron chi connectivity index (χ3n) is 3.75. The standard InChI is InChI=1S/C15H18N4O/c1-2-11-3-6-16-14(9-11)15(20)18-12-5-8-19-13(10-12)4-7-17-19/h3-4,6-7,9,12H,2,5,8,10H2,1H3,(H,18,20)/t12-/m0/s1. The molecule has 0 unspecified atom stereocenters. The zero-order chi connectivity index (χ0) is 13.9. The first-order chi connectivity index (χ1) is 9.76.